The van der Waals surface area contributed by atoms with Crippen LogP contribution >= 0.6 is 0 Å². The Hall–Kier alpha value is -0.130. The minimum Gasteiger partial charge on any atom is -0.392 e. The molecule has 0 bridgehead atoms. The van der Waals surface area contributed by atoms with Crippen LogP contribution in [0.3, 0.4) is 0 Å². The van der Waals surface area contributed by atoms with E-state index in [0.29, 0.717) is 24.8 Å². The van der Waals surface area contributed by atoms with Gasteiger partial charge in [0.25, 0.3) is 0 Å². The number of sulfone groups is 1. The van der Waals surface area contributed by atoms with Gasteiger partial charge in [-0.3, -0.25) is 0 Å². The van der Waals surface area contributed by atoms with Crippen LogP contribution in [0.5, 0.6) is 0 Å². The van der Waals surface area contributed by atoms with Gasteiger partial charge >= 0.3 is 0 Å². The first kappa shape index (κ1) is 14.3. The number of nitrogens with one attached hydrogen (secondary N) is 1. The summed E-state index contributed by atoms with van der Waals surface area (Å²) >= 11 is 0. The van der Waals surface area contributed by atoms with E-state index in [1.165, 1.54) is 25.7 Å². The van der Waals surface area contributed by atoms with Crippen molar-refractivity contribution in [2.45, 2.75) is 56.3 Å². The first-order valence-corrected chi connectivity index (χ1v) is 8.90. The third-order valence-corrected chi connectivity index (χ3v) is 6.57. The van der Waals surface area contributed by atoms with Crippen molar-refractivity contribution in [1.82, 2.24) is 5.32 Å². The summed E-state index contributed by atoms with van der Waals surface area (Å²) in [5, 5.41) is 12.8. The zero-order valence-electron chi connectivity index (χ0n) is 11.0. The molecule has 18 heavy (non-hydrogen) atoms. The molecule has 1 heterocycles. The van der Waals surface area contributed by atoms with Crippen LogP contribution in [0.2, 0.25) is 0 Å². The van der Waals surface area contributed by atoms with Crippen molar-refractivity contribution in [3.05, 3.63) is 0 Å². The lowest BCUT2D eigenvalue weighted by Crippen LogP contribution is -2.35. The predicted molar refractivity (Wildman–Crippen MR) is 72.3 cm³/mol. The van der Waals surface area contributed by atoms with Gasteiger partial charge in [-0.2, -0.15) is 0 Å². The van der Waals surface area contributed by atoms with Crippen LogP contribution in [0.1, 0.15) is 44.9 Å². The van der Waals surface area contributed by atoms with Gasteiger partial charge in [0, 0.05) is 13.1 Å². The molecule has 0 aromatic rings. The summed E-state index contributed by atoms with van der Waals surface area (Å²) < 4.78 is 23.2. The molecule has 2 rings (SSSR count). The summed E-state index contributed by atoms with van der Waals surface area (Å²) in [5.41, 5.74) is 0. The molecule has 1 saturated heterocycles. The summed E-state index contributed by atoms with van der Waals surface area (Å²) in [7, 11) is -2.85. The van der Waals surface area contributed by atoms with E-state index in [-0.39, 0.29) is 11.4 Å². The highest BCUT2D eigenvalue weighted by Gasteiger charge is 2.30. The molecule has 2 fully saturated rings. The molecule has 2 aliphatic rings. The Labute approximate surface area is 110 Å². The van der Waals surface area contributed by atoms with E-state index in [2.05, 4.69) is 5.32 Å². The maximum Gasteiger partial charge on any atom is 0.154 e. The molecule has 0 spiro atoms. The van der Waals surface area contributed by atoms with Gasteiger partial charge in [0.05, 0.1) is 17.1 Å². The highest BCUT2D eigenvalue weighted by molar-refractivity contribution is 7.92. The van der Waals surface area contributed by atoms with Crippen molar-refractivity contribution in [2.75, 3.05) is 18.8 Å². The smallest absolute Gasteiger partial charge is 0.154 e. The molecule has 2 N–H and O–H groups in total. The molecule has 0 amide bonds. The Morgan fingerprint density at radius 3 is 2.50 bits per heavy atom. The van der Waals surface area contributed by atoms with Crippen molar-refractivity contribution in [3.8, 4) is 0 Å². The normalized spacial score (nSPS) is 29.7. The number of rotatable bonds is 6. The van der Waals surface area contributed by atoms with E-state index in [0.717, 1.165) is 19.3 Å². The van der Waals surface area contributed by atoms with Crippen molar-refractivity contribution >= 4 is 9.84 Å². The van der Waals surface area contributed by atoms with Gasteiger partial charge in [0.1, 0.15) is 0 Å². The summed E-state index contributed by atoms with van der Waals surface area (Å²) in [6, 6.07) is 0. The van der Waals surface area contributed by atoms with Crippen LogP contribution in [0, 0.1) is 5.92 Å². The number of hydrogen-bond donors (Lipinski definition) is 2. The average Bonchev–Trinajstić information content (AvgIpc) is 2.89. The van der Waals surface area contributed by atoms with Crippen molar-refractivity contribution in [3.63, 3.8) is 0 Å². The molecule has 0 radical (unpaired) electrons. The minimum atomic E-state index is -2.85. The van der Waals surface area contributed by atoms with Crippen LogP contribution in [-0.4, -0.2) is 43.7 Å². The second-order valence-corrected chi connectivity index (χ2v) is 8.23. The maximum absolute atomic E-state index is 11.6. The van der Waals surface area contributed by atoms with Gasteiger partial charge in [0.15, 0.2) is 9.84 Å². The molecule has 2 unspecified atom stereocenters. The van der Waals surface area contributed by atoms with Gasteiger partial charge < -0.3 is 10.4 Å². The topological polar surface area (TPSA) is 66.4 Å². The van der Waals surface area contributed by atoms with Crippen LogP contribution < -0.4 is 5.32 Å². The molecule has 106 valence electrons. The average molecular weight is 275 g/mol. The quantitative estimate of drug-likeness (QED) is 0.761. The first-order chi connectivity index (χ1) is 8.58. The van der Waals surface area contributed by atoms with Gasteiger partial charge in [-0.25, -0.2) is 8.42 Å². The number of aliphatic hydroxyl groups excluding tert-OH is 1. The third-order valence-electron chi connectivity index (χ3n) is 4.29. The highest BCUT2D eigenvalue weighted by atomic mass is 32.2. The molecular formula is C13H25NO3S. The van der Waals surface area contributed by atoms with E-state index in [1.54, 1.807) is 0 Å². The molecule has 1 aliphatic heterocycles. The molecule has 4 nitrogen and oxygen atoms in total. The largest absolute Gasteiger partial charge is 0.392 e. The lowest BCUT2D eigenvalue weighted by atomic mass is 10.00. The van der Waals surface area contributed by atoms with Crippen molar-refractivity contribution in [1.29, 1.82) is 0 Å². The Morgan fingerprint density at radius 1 is 1.17 bits per heavy atom. The Morgan fingerprint density at radius 2 is 1.89 bits per heavy atom. The molecule has 1 saturated carbocycles. The number of aliphatic hydroxyl groups is 1. The summed E-state index contributed by atoms with van der Waals surface area (Å²) in [6.07, 6.45) is 7.19. The fourth-order valence-electron chi connectivity index (χ4n) is 3.21. The summed E-state index contributed by atoms with van der Waals surface area (Å²) in [6.45, 7) is 1.03. The Balaban J connectivity index is 1.62. The molecule has 0 aromatic heterocycles. The molecule has 1 aliphatic carbocycles. The highest BCUT2D eigenvalue weighted by Crippen LogP contribution is 2.28. The van der Waals surface area contributed by atoms with Gasteiger partial charge in [-0.1, -0.05) is 25.7 Å². The van der Waals surface area contributed by atoms with Crippen LogP contribution in [-0.2, 0) is 9.84 Å². The van der Waals surface area contributed by atoms with Crippen LogP contribution in [0.25, 0.3) is 0 Å². The SMILES string of the molecule is O=S1(=O)CCCC1CNCC(O)CC1CCCC1. The van der Waals surface area contributed by atoms with E-state index >= 15 is 0 Å². The standard InChI is InChI=1S/C13H25NO3S/c15-12(8-11-4-1-2-5-11)9-14-10-13-6-3-7-18(13,16)17/h11-15H,1-10H2. The first-order valence-electron chi connectivity index (χ1n) is 7.18. The van der Waals surface area contributed by atoms with Gasteiger partial charge in [-0.15, -0.1) is 0 Å². The monoisotopic (exact) mass is 275 g/mol. The van der Waals surface area contributed by atoms with Crippen LogP contribution in [0.15, 0.2) is 0 Å². The summed E-state index contributed by atoms with van der Waals surface area (Å²) in [5.74, 6) is 1.02. The zero-order chi connectivity index (χ0) is 13.0. The summed E-state index contributed by atoms with van der Waals surface area (Å²) in [4.78, 5) is 0. The maximum atomic E-state index is 11.6. The molecule has 5 heteroatoms. The van der Waals surface area contributed by atoms with E-state index < -0.39 is 9.84 Å². The molecule has 0 aromatic carbocycles. The van der Waals surface area contributed by atoms with Crippen molar-refractivity contribution < 1.29 is 13.5 Å². The predicted octanol–water partition coefficient (Wildman–Crippen LogP) is 1.09. The van der Waals surface area contributed by atoms with Gasteiger partial charge in [0.2, 0.25) is 0 Å². The fraction of sp³-hybridized carbons (Fsp3) is 1.00. The van der Waals surface area contributed by atoms with Gasteiger partial charge in [-0.05, 0) is 25.2 Å². The Bertz CT molecular complexity index is 349. The second kappa shape index (κ2) is 6.35. The van der Waals surface area contributed by atoms with E-state index in [4.69, 9.17) is 0 Å². The zero-order valence-corrected chi connectivity index (χ0v) is 11.8. The molecule has 2 atom stereocenters. The second-order valence-electron chi connectivity index (χ2n) is 5.83. The number of hydrogen-bond acceptors (Lipinski definition) is 4. The lowest BCUT2D eigenvalue weighted by Gasteiger charge is -2.17. The third kappa shape index (κ3) is 3.93. The van der Waals surface area contributed by atoms with Crippen molar-refractivity contribution in [2.24, 2.45) is 5.92 Å². The lowest BCUT2D eigenvalue weighted by molar-refractivity contribution is 0.141. The van der Waals surface area contributed by atoms with Crippen LogP contribution in [0.4, 0.5) is 0 Å². The minimum absolute atomic E-state index is 0.226. The Kier molecular flexibility index (Phi) is 5.04. The van der Waals surface area contributed by atoms with E-state index in [1.807, 2.05) is 0 Å². The fourth-order valence-corrected chi connectivity index (χ4v) is 5.01. The van der Waals surface area contributed by atoms with E-state index in [9.17, 15) is 13.5 Å². The molecular weight excluding hydrogens is 250 g/mol.